The second kappa shape index (κ2) is 4.58. The number of hydrogen-bond donors (Lipinski definition) is 1. The minimum atomic E-state index is -0.228. The van der Waals surface area contributed by atoms with Crippen LogP contribution in [0.1, 0.15) is 25.3 Å². The van der Waals surface area contributed by atoms with Crippen LogP contribution in [0.2, 0.25) is 0 Å². The van der Waals surface area contributed by atoms with E-state index in [0.29, 0.717) is 5.92 Å². The number of halogens is 1. The van der Waals surface area contributed by atoms with Crippen molar-refractivity contribution in [2.75, 3.05) is 5.73 Å². The summed E-state index contributed by atoms with van der Waals surface area (Å²) < 4.78 is 13.1. The van der Waals surface area contributed by atoms with Gasteiger partial charge in [0.15, 0.2) is 0 Å². The van der Waals surface area contributed by atoms with Gasteiger partial charge in [0.05, 0.1) is 0 Å². The van der Waals surface area contributed by atoms with Crippen molar-refractivity contribution in [2.45, 2.75) is 19.8 Å². The Morgan fingerprint density at radius 3 is 2.29 bits per heavy atom. The molecule has 0 aromatic heterocycles. The van der Waals surface area contributed by atoms with E-state index >= 15 is 0 Å². The van der Waals surface area contributed by atoms with E-state index in [1.165, 1.54) is 12.1 Å². The van der Waals surface area contributed by atoms with Crippen molar-refractivity contribution in [1.82, 2.24) is 0 Å². The highest BCUT2D eigenvalue weighted by atomic mass is 19.1. The lowest BCUT2D eigenvalue weighted by Gasteiger charge is -2.11. The molecule has 2 heteroatoms. The summed E-state index contributed by atoms with van der Waals surface area (Å²) in [7, 11) is 0. The Kier molecular flexibility index (Phi) is 3.14. The molecule has 0 aliphatic carbocycles. The fourth-order valence-corrected chi connectivity index (χ4v) is 1.95. The zero-order chi connectivity index (χ0) is 12.4. The predicted octanol–water partition coefficient (Wildman–Crippen LogP) is 4.20. The lowest BCUT2D eigenvalue weighted by molar-refractivity contribution is 0.628. The molecule has 0 radical (unpaired) electrons. The molecule has 0 amide bonds. The largest absolute Gasteiger partial charge is 0.398 e. The summed E-state index contributed by atoms with van der Waals surface area (Å²) in [5.74, 6) is 0.172. The van der Waals surface area contributed by atoms with E-state index in [1.54, 1.807) is 6.07 Å². The number of benzene rings is 2. The van der Waals surface area contributed by atoms with Crippen molar-refractivity contribution in [3.05, 3.63) is 53.8 Å². The van der Waals surface area contributed by atoms with E-state index in [9.17, 15) is 4.39 Å². The van der Waals surface area contributed by atoms with Gasteiger partial charge in [-0.25, -0.2) is 4.39 Å². The second-order valence-corrected chi connectivity index (χ2v) is 4.51. The number of nitrogen functional groups attached to an aromatic ring is 1. The van der Waals surface area contributed by atoms with Crippen molar-refractivity contribution < 1.29 is 4.39 Å². The number of anilines is 1. The van der Waals surface area contributed by atoms with Crippen LogP contribution < -0.4 is 5.73 Å². The van der Waals surface area contributed by atoms with Crippen LogP contribution in [-0.2, 0) is 0 Å². The van der Waals surface area contributed by atoms with E-state index in [0.717, 1.165) is 22.4 Å². The van der Waals surface area contributed by atoms with Crippen molar-refractivity contribution in [3.8, 4) is 11.1 Å². The Hall–Kier alpha value is -1.83. The third-order valence-electron chi connectivity index (χ3n) is 2.87. The van der Waals surface area contributed by atoms with Gasteiger partial charge in [0, 0.05) is 5.69 Å². The highest BCUT2D eigenvalue weighted by Gasteiger charge is 2.06. The number of hydrogen-bond acceptors (Lipinski definition) is 1. The Balaban J connectivity index is 2.44. The molecular weight excluding hydrogens is 213 g/mol. The highest BCUT2D eigenvalue weighted by Crippen LogP contribution is 2.28. The van der Waals surface area contributed by atoms with Gasteiger partial charge >= 0.3 is 0 Å². The zero-order valence-corrected chi connectivity index (χ0v) is 10.1. The molecule has 0 unspecified atom stereocenters. The van der Waals surface area contributed by atoms with Crippen LogP contribution in [0.5, 0.6) is 0 Å². The van der Waals surface area contributed by atoms with Gasteiger partial charge in [-0.2, -0.15) is 0 Å². The van der Waals surface area contributed by atoms with Crippen LogP contribution >= 0.6 is 0 Å². The summed E-state index contributed by atoms with van der Waals surface area (Å²) in [5.41, 5.74) is 9.70. The smallest absolute Gasteiger partial charge is 0.123 e. The third kappa shape index (κ3) is 2.47. The van der Waals surface area contributed by atoms with Gasteiger partial charge < -0.3 is 5.73 Å². The monoisotopic (exact) mass is 229 g/mol. The average Bonchev–Trinajstić information content (AvgIpc) is 2.28. The molecule has 0 saturated carbocycles. The van der Waals surface area contributed by atoms with Crippen LogP contribution in [0.4, 0.5) is 10.1 Å². The molecule has 0 aliphatic rings. The first-order valence-corrected chi connectivity index (χ1v) is 5.73. The minimum Gasteiger partial charge on any atom is -0.398 e. The summed E-state index contributed by atoms with van der Waals surface area (Å²) in [6, 6.07) is 12.5. The molecule has 0 spiro atoms. The van der Waals surface area contributed by atoms with Gasteiger partial charge in [-0.1, -0.05) is 38.1 Å². The molecule has 0 aliphatic heterocycles. The molecule has 2 rings (SSSR count). The lowest BCUT2D eigenvalue weighted by atomic mass is 9.97. The van der Waals surface area contributed by atoms with Crippen LogP contribution in [0.3, 0.4) is 0 Å². The number of rotatable bonds is 2. The van der Waals surface area contributed by atoms with E-state index < -0.39 is 0 Å². The van der Waals surface area contributed by atoms with E-state index in [4.69, 9.17) is 5.73 Å². The van der Waals surface area contributed by atoms with Crippen LogP contribution in [0, 0.1) is 5.82 Å². The molecule has 88 valence electrons. The topological polar surface area (TPSA) is 26.0 Å². The van der Waals surface area contributed by atoms with Gasteiger partial charge in [-0.15, -0.1) is 0 Å². The number of nitrogens with two attached hydrogens (primary N) is 1. The summed E-state index contributed by atoms with van der Waals surface area (Å²) in [4.78, 5) is 0. The first-order valence-electron chi connectivity index (χ1n) is 5.73. The van der Waals surface area contributed by atoms with Gasteiger partial charge in [0.2, 0.25) is 0 Å². The SMILES string of the molecule is CC(C)c1ccc(-c2cccc(F)c2)cc1N. The first-order chi connectivity index (χ1) is 8.08. The Labute approximate surface area is 101 Å². The van der Waals surface area contributed by atoms with Crippen molar-refractivity contribution in [2.24, 2.45) is 0 Å². The molecule has 1 nitrogen and oxygen atoms in total. The van der Waals surface area contributed by atoms with E-state index in [-0.39, 0.29) is 5.82 Å². The van der Waals surface area contributed by atoms with Crippen molar-refractivity contribution in [1.29, 1.82) is 0 Å². The van der Waals surface area contributed by atoms with Crippen molar-refractivity contribution in [3.63, 3.8) is 0 Å². The predicted molar refractivity (Wildman–Crippen MR) is 70.3 cm³/mol. The quantitative estimate of drug-likeness (QED) is 0.767. The molecule has 0 saturated heterocycles. The average molecular weight is 229 g/mol. The van der Waals surface area contributed by atoms with E-state index in [2.05, 4.69) is 13.8 Å². The zero-order valence-electron chi connectivity index (χ0n) is 10.1. The summed E-state index contributed by atoms with van der Waals surface area (Å²) >= 11 is 0. The normalized spacial score (nSPS) is 10.8. The van der Waals surface area contributed by atoms with Gasteiger partial charge in [0.25, 0.3) is 0 Å². The van der Waals surface area contributed by atoms with Crippen LogP contribution in [-0.4, -0.2) is 0 Å². The lowest BCUT2D eigenvalue weighted by Crippen LogP contribution is -1.96. The highest BCUT2D eigenvalue weighted by molar-refractivity contribution is 5.69. The first kappa shape index (κ1) is 11.6. The summed E-state index contributed by atoms with van der Waals surface area (Å²) in [6.45, 7) is 4.21. The van der Waals surface area contributed by atoms with Crippen molar-refractivity contribution >= 4 is 5.69 Å². The molecule has 0 atom stereocenters. The van der Waals surface area contributed by atoms with Crippen LogP contribution in [0.15, 0.2) is 42.5 Å². The maximum Gasteiger partial charge on any atom is 0.123 e. The Morgan fingerprint density at radius 1 is 1.00 bits per heavy atom. The maximum atomic E-state index is 13.1. The molecule has 0 bridgehead atoms. The van der Waals surface area contributed by atoms with E-state index in [1.807, 2.05) is 24.3 Å². The van der Waals surface area contributed by atoms with Gasteiger partial charge in [-0.05, 0) is 40.8 Å². The standard InChI is InChI=1S/C15H16FN/c1-10(2)14-7-6-12(9-15(14)17)11-4-3-5-13(16)8-11/h3-10H,17H2,1-2H3. The molecular formula is C15H16FN. The fraction of sp³-hybridized carbons (Fsp3) is 0.200. The molecule has 0 heterocycles. The Bertz CT molecular complexity index is 532. The molecule has 2 aromatic rings. The molecule has 2 aromatic carbocycles. The molecule has 2 N–H and O–H groups in total. The van der Waals surface area contributed by atoms with Gasteiger partial charge in [-0.3, -0.25) is 0 Å². The molecule has 17 heavy (non-hydrogen) atoms. The molecule has 0 fully saturated rings. The van der Waals surface area contributed by atoms with Gasteiger partial charge in [0.1, 0.15) is 5.82 Å². The third-order valence-corrected chi connectivity index (χ3v) is 2.87. The van der Waals surface area contributed by atoms with Crippen LogP contribution in [0.25, 0.3) is 11.1 Å². The summed E-state index contributed by atoms with van der Waals surface area (Å²) in [6.07, 6.45) is 0. The maximum absolute atomic E-state index is 13.1. The Morgan fingerprint density at radius 2 is 1.71 bits per heavy atom. The second-order valence-electron chi connectivity index (χ2n) is 4.51. The fourth-order valence-electron chi connectivity index (χ4n) is 1.95. The minimum absolute atomic E-state index is 0.228. The summed E-state index contributed by atoms with van der Waals surface area (Å²) in [5, 5.41) is 0.